The molecule has 1 saturated heterocycles. The van der Waals surface area contributed by atoms with Gasteiger partial charge in [-0.05, 0) is 0 Å². The molecule has 1 atom stereocenters. The Kier molecular flexibility index (Phi) is 4.70. The average molecular weight is 301 g/mol. The Morgan fingerprint density at radius 2 is 2.00 bits per heavy atom. The van der Waals surface area contributed by atoms with Crippen molar-refractivity contribution in [2.45, 2.75) is 6.04 Å². The SMILES string of the molecule is COC(=O)C1COCCN1S(=O)(=O)CS(C)(=O)=O. The number of hydrogen-bond acceptors (Lipinski definition) is 7. The van der Waals surface area contributed by atoms with Gasteiger partial charge in [-0.2, -0.15) is 4.31 Å². The van der Waals surface area contributed by atoms with Crippen molar-refractivity contribution in [1.82, 2.24) is 4.31 Å². The molecule has 0 bridgehead atoms. The first-order chi connectivity index (χ1) is 8.17. The van der Waals surface area contributed by atoms with Crippen molar-refractivity contribution in [2.24, 2.45) is 0 Å². The summed E-state index contributed by atoms with van der Waals surface area (Å²) >= 11 is 0. The van der Waals surface area contributed by atoms with E-state index in [1.54, 1.807) is 0 Å². The molecule has 0 N–H and O–H groups in total. The minimum atomic E-state index is -4.08. The molecule has 10 heteroatoms. The van der Waals surface area contributed by atoms with E-state index in [1.807, 2.05) is 0 Å². The minimum absolute atomic E-state index is 0.0718. The van der Waals surface area contributed by atoms with Crippen molar-refractivity contribution in [3.63, 3.8) is 0 Å². The maximum atomic E-state index is 11.9. The molecular formula is C8H15NO7S2. The van der Waals surface area contributed by atoms with Gasteiger partial charge >= 0.3 is 5.97 Å². The van der Waals surface area contributed by atoms with Gasteiger partial charge in [0.1, 0.15) is 6.04 Å². The molecule has 0 aromatic heterocycles. The Balaban J connectivity index is 3.00. The minimum Gasteiger partial charge on any atom is -0.468 e. The Bertz CT molecular complexity index is 510. The molecule has 18 heavy (non-hydrogen) atoms. The Morgan fingerprint density at radius 1 is 1.39 bits per heavy atom. The molecule has 0 saturated carbocycles. The molecule has 0 aromatic carbocycles. The number of sulfone groups is 1. The molecule has 1 rings (SSSR count). The molecule has 1 unspecified atom stereocenters. The average Bonchev–Trinajstić information content (AvgIpc) is 2.25. The first-order valence-electron chi connectivity index (χ1n) is 5.00. The number of carbonyl (C=O) groups excluding carboxylic acids is 1. The highest BCUT2D eigenvalue weighted by Gasteiger charge is 2.39. The molecule has 106 valence electrons. The lowest BCUT2D eigenvalue weighted by atomic mass is 10.3. The number of rotatable bonds is 4. The summed E-state index contributed by atoms with van der Waals surface area (Å²) in [5.74, 6) is -0.772. The summed E-state index contributed by atoms with van der Waals surface area (Å²) in [5, 5.41) is -1.03. The fourth-order valence-electron chi connectivity index (χ4n) is 1.58. The summed E-state index contributed by atoms with van der Waals surface area (Å²) in [6.45, 7) is -0.107. The van der Waals surface area contributed by atoms with Crippen LogP contribution >= 0.6 is 0 Å². The predicted molar refractivity (Wildman–Crippen MR) is 62.0 cm³/mol. The molecular weight excluding hydrogens is 286 g/mol. The summed E-state index contributed by atoms with van der Waals surface area (Å²) in [4.78, 5) is 11.4. The number of methoxy groups -OCH3 is 1. The van der Waals surface area contributed by atoms with E-state index in [2.05, 4.69) is 4.74 Å². The summed E-state index contributed by atoms with van der Waals surface area (Å²) in [5.41, 5.74) is 0. The van der Waals surface area contributed by atoms with Crippen molar-refractivity contribution >= 4 is 25.8 Å². The second-order valence-corrected chi connectivity index (χ2v) is 8.31. The smallest absolute Gasteiger partial charge is 0.326 e. The van der Waals surface area contributed by atoms with E-state index in [1.165, 1.54) is 0 Å². The van der Waals surface area contributed by atoms with Crippen molar-refractivity contribution in [2.75, 3.05) is 38.2 Å². The second-order valence-electron chi connectivity index (χ2n) is 3.88. The van der Waals surface area contributed by atoms with E-state index in [0.29, 0.717) is 0 Å². The van der Waals surface area contributed by atoms with Crippen molar-refractivity contribution < 1.29 is 31.1 Å². The fourth-order valence-corrected chi connectivity index (χ4v) is 5.17. The zero-order chi connectivity index (χ0) is 14.0. The van der Waals surface area contributed by atoms with Gasteiger partial charge in [0.2, 0.25) is 10.0 Å². The predicted octanol–water partition coefficient (Wildman–Crippen LogP) is -1.81. The van der Waals surface area contributed by atoms with Crippen LogP contribution in [0.25, 0.3) is 0 Å². The van der Waals surface area contributed by atoms with Crippen LogP contribution in [-0.4, -0.2) is 71.4 Å². The van der Waals surface area contributed by atoms with Gasteiger partial charge in [0.15, 0.2) is 14.9 Å². The van der Waals surface area contributed by atoms with Crippen LogP contribution in [0.1, 0.15) is 0 Å². The van der Waals surface area contributed by atoms with E-state index in [-0.39, 0.29) is 19.8 Å². The molecule has 1 aliphatic heterocycles. The molecule has 1 fully saturated rings. The molecule has 8 nitrogen and oxygen atoms in total. The number of hydrogen-bond donors (Lipinski definition) is 0. The van der Waals surface area contributed by atoms with Crippen LogP contribution in [0.3, 0.4) is 0 Å². The van der Waals surface area contributed by atoms with Crippen molar-refractivity contribution in [1.29, 1.82) is 0 Å². The number of carbonyl (C=O) groups is 1. The van der Waals surface area contributed by atoms with Crippen LogP contribution in [0.5, 0.6) is 0 Å². The summed E-state index contributed by atoms with van der Waals surface area (Å²) in [6.07, 6.45) is 0.818. The summed E-state index contributed by atoms with van der Waals surface area (Å²) < 4.78 is 56.3. The standard InChI is InChI=1S/C8H15NO7S2/c1-15-8(10)7-5-16-4-3-9(7)18(13,14)6-17(2,11)12/h7H,3-6H2,1-2H3. The molecule has 0 aromatic rings. The third-order valence-electron chi connectivity index (χ3n) is 2.27. The topological polar surface area (TPSA) is 107 Å². The quantitative estimate of drug-likeness (QED) is 0.563. The largest absolute Gasteiger partial charge is 0.468 e. The van der Waals surface area contributed by atoms with E-state index < -0.39 is 37.0 Å². The Hall–Kier alpha value is -0.710. The summed E-state index contributed by atoms with van der Waals surface area (Å²) in [6, 6.07) is -1.13. The Morgan fingerprint density at radius 3 is 2.50 bits per heavy atom. The van der Waals surface area contributed by atoms with Crippen LogP contribution in [0.15, 0.2) is 0 Å². The molecule has 0 spiro atoms. The fraction of sp³-hybridized carbons (Fsp3) is 0.875. The first-order valence-corrected chi connectivity index (χ1v) is 8.67. The molecule has 1 heterocycles. The van der Waals surface area contributed by atoms with Crippen molar-refractivity contribution in [3.8, 4) is 0 Å². The van der Waals surface area contributed by atoms with Crippen LogP contribution < -0.4 is 0 Å². The van der Waals surface area contributed by atoms with Crippen LogP contribution in [0.4, 0.5) is 0 Å². The summed E-state index contributed by atoms with van der Waals surface area (Å²) in [7, 11) is -6.67. The molecule has 1 aliphatic rings. The number of sulfonamides is 1. The van der Waals surface area contributed by atoms with Crippen LogP contribution in [0.2, 0.25) is 0 Å². The van der Waals surface area contributed by atoms with Gasteiger partial charge in [0.05, 0.1) is 20.3 Å². The number of nitrogens with zero attached hydrogens (tertiary/aromatic N) is 1. The van der Waals surface area contributed by atoms with E-state index in [0.717, 1.165) is 17.7 Å². The van der Waals surface area contributed by atoms with Gasteiger partial charge in [0.25, 0.3) is 0 Å². The van der Waals surface area contributed by atoms with Gasteiger partial charge in [-0.3, -0.25) is 4.79 Å². The monoisotopic (exact) mass is 301 g/mol. The zero-order valence-electron chi connectivity index (χ0n) is 10.0. The van der Waals surface area contributed by atoms with E-state index in [9.17, 15) is 21.6 Å². The number of morpholine rings is 1. The Labute approximate surface area is 106 Å². The molecule has 0 amide bonds. The van der Waals surface area contributed by atoms with Crippen LogP contribution in [0, 0.1) is 0 Å². The van der Waals surface area contributed by atoms with Gasteiger partial charge in [-0.1, -0.05) is 0 Å². The van der Waals surface area contributed by atoms with Gasteiger partial charge in [-0.25, -0.2) is 16.8 Å². The highest BCUT2D eigenvalue weighted by Crippen LogP contribution is 2.15. The number of ether oxygens (including phenoxy) is 2. The number of esters is 1. The normalized spacial score (nSPS) is 22.7. The van der Waals surface area contributed by atoms with Gasteiger partial charge in [-0.15, -0.1) is 0 Å². The third-order valence-corrected chi connectivity index (χ3v) is 6.33. The lowest BCUT2D eigenvalue weighted by molar-refractivity contribution is -0.149. The second kappa shape index (κ2) is 5.51. The first kappa shape index (κ1) is 15.3. The van der Waals surface area contributed by atoms with E-state index in [4.69, 9.17) is 4.74 Å². The lowest BCUT2D eigenvalue weighted by Crippen LogP contribution is -2.53. The van der Waals surface area contributed by atoms with Gasteiger partial charge < -0.3 is 9.47 Å². The molecule has 0 radical (unpaired) electrons. The zero-order valence-corrected chi connectivity index (χ0v) is 11.7. The maximum absolute atomic E-state index is 11.9. The van der Waals surface area contributed by atoms with Gasteiger partial charge in [0, 0.05) is 12.8 Å². The lowest BCUT2D eigenvalue weighted by Gasteiger charge is -2.32. The highest BCUT2D eigenvalue weighted by molar-refractivity contribution is 8.06. The van der Waals surface area contributed by atoms with Crippen molar-refractivity contribution in [3.05, 3.63) is 0 Å². The van der Waals surface area contributed by atoms with E-state index >= 15 is 0 Å². The van der Waals surface area contributed by atoms with Crippen LogP contribution in [-0.2, 0) is 34.1 Å². The molecule has 0 aliphatic carbocycles. The maximum Gasteiger partial charge on any atom is 0.326 e. The third kappa shape index (κ3) is 3.90. The highest BCUT2D eigenvalue weighted by atomic mass is 32.3.